The minimum absolute atomic E-state index is 0.775. The SMILES string of the molecule is CN(C)CCc1ccc(-c2cnc(CCc3cccc4c3CCO4)n3cnnc23)cn1. The van der Waals surface area contributed by atoms with Crippen LogP contribution in [0.25, 0.3) is 16.8 Å². The Kier molecular flexibility index (Phi) is 5.34. The largest absolute Gasteiger partial charge is 0.493 e. The Morgan fingerprint density at radius 2 is 1.97 bits per heavy atom. The fourth-order valence-electron chi connectivity index (χ4n) is 4.10. The van der Waals surface area contributed by atoms with Gasteiger partial charge in [-0.2, -0.15) is 0 Å². The molecule has 0 N–H and O–H groups in total. The highest BCUT2D eigenvalue weighted by Crippen LogP contribution is 2.29. The number of hydrogen-bond acceptors (Lipinski definition) is 6. The van der Waals surface area contributed by atoms with Crippen LogP contribution in [0.15, 0.2) is 49.1 Å². The standard InChI is InChI=1S/C24H26N6O/c1-29(2)12-10-19-8-6-18(14-25-19)21-15-26-23(30-16-27-28-24(21)30)9-7-17-4-3-5-22-20(17)11-13-31-22/h3-6,8,14-16H,7,9-13H2,1-2H3. The lowest BCUT2D eigenvalue weighted by Crippen LogP contribution is -2.15. The van der Waals surface area contributed by atoms with Crippen LogP contribution in [-0.2, 0) is 25.7 Å². The van der Waals surface area contributed by atoms with Crippen molar-refractivity contribution in [3.63, 3.8) is 0 Å². The van der Waals surface area contributed by atoms with Gasteiger partial charge in [-0.05, 0) is 38.2 Å². The van der Waals surface area contributed by atoms with Gasteiger partial charge in [0, 0.05) is 60.6 Å². The summed E-state index contributed by atoms with van der Waals surface area (Å²) in [5.41, 5.74) is 6.51. The first kappa shape index (κ1) is 19.6. The minimum Gasteiger partial charge on any atom is -0.493 e. The summed E-state index contributed by atoms with van der Waals surface area (Å²) in [5, 5.41) is 8.52. The number of hydrogen-bond donors (Lipinski definition) is 0. The first-order valence-corrected chi connectivity index (χ1v) is 10.7. The van der Waals surface area contributed by atoms with E-state index in [1.54, 1.807) is 6.33 Å². The molecule has 0 saturated heterocycles. The summed E-state index contributed by atoms with van der Waals surface area (Å²) in [6, 6.07) is 10.5. The highest BCUT2D eigenvalue weighted by Gasteiger charge is 2.17. The first-order chi connectivity index (χ1) is 15.2. The average Bonchev–Trinajstić information content (AvgIpc) is 3.46. The molecule has 7 heteroatoms. The van der Waals surface area contributed by atoms with Gasteiger partial charge in [0.15, 0.2) is 5.65 Å². The molecule has 0 aliphatic carbocycles. The minimum atomic E-state index is 0.775. The van der Waals surface area contributed by atoms with Crippen LogP contribution in [0.3, 0.4) is 0 Å². The van der Waals surface area contributed by atoms with Crippen LogP contribution >= 0.6 is 0 Å². The second-order valence-corrected chi connectivity index (χ2v) is 8.20. The zero-order valence-corrected chi connectivity index (χ0v) is 18.0. The molecule has 31 heavy (non-hydrogen) atoms. The van der Waals surface area contributed by atoms with E-state index in [1.807, 2.05) is 16.8 Å². The molecule has 7 nitrogen and oxygen atoms in total. The fraction of sp³-hybridized carbons (Fsp3) is 0.333. The summed E-state index contributed by atoms with van der Waals surface area (Å²) >= 11 is 0. The summed E-state index contributed by atoms with van der Waals surface area (Å²) in [6.07, 6.45) is 9.19. The smallest absolute Gasteiger partial charge is 0.171 e. The van der Waals surface area contributed by atoms with E-state index < -0.39 is 0 Å². The third-order valence-corrected chi connectivity index (χ3v) is 5.82. The third kappa shape index (κ3) is 4.01. The van der Waals surface area contributed by atoms with E-state index in [2.05, 4.69) is 64.5 Å². The normalized spacial score (nSPS) is 13.0. The predicted molar refractivity (Wildman–Crippen MR) is 119 cm³/mol. The number of benzene rings is 1. The highest BCUT2D eigenvalue weighted by molar-refractivity contribution is 5.76. The van der Waals surface area contributed by atoms with Crippen molar-refractivity contribution in [2.24, 2.45) is 0 Å². The van der Waals surface area contributed by atoms with Crippen LogP contribution in [0.1, 0.15) is 22.6 Å². The number of rotatable bonds is 7. The molecule has 0 bridgehead atoms. The van der Waals surface area contributed by atoms with Gasteiger partial charge in [0.05, 0.1) is 6.61 Å². The topological polar surface area (TPSA) is 68.4 Å². The zero-order chi connectivity index (χ0) is 21.2. The van der Waals surface area contributed by atoms with E-state index in [1.165, 1.54) is 11.1 Å². The van der Waals surface area contributed by atoms with Crippen molar-refractivity contribution >= 4 is 5.65 Å². The van der Waals surface area contributed by atoms with Crippen molar-refractivity contribution < 1.29 is 4.74 Å². The predicted octanol–water partition coefficient (Wildman–Crippen LogP) is 3.01. The van der Waals surface area contributed by atoms with E-state index >= 15 is 0 Å². The lowest BCUT2D eigenvalue weighted by atomic mass is 10.0. The maximum atomic E-state index is 5.70. The first-order valence-electron chi connectivity index (χ1n) is 10.7. The van der Waals surface area contributed by atoms with E-state index in [9.17, 15) is 0 Å². The van der Waals surface area contributed by atoms with Gasteiger partial charge in [0.25, 0.3) is 0 Å². The Balaban J connectivity index is 1.38. The number of fused-ring (bicyclic) bond motifs is 2. The fourth-order valence-corrected chi connectivity index (χ4v) is 4.10. The summed E-state index contributed by atoms with van der Waals surface area (Å²) in [5.74, 6) is 1.98. The molecule has 0 unspecified atom stereocenters. The summed E-state index contributed by atoms with van der Waals surface area (Å²) < 4.78 is 7.69. The van der Waals surface area contributed by atoms with Crippen LogP contribution in [0.5, 0.6) is 5.75 Å². The molecule has 5 rings (SSSR count). The Hall–Kier alpha value is -3.32. The summed E-state index contributed by atoms with van der Waals surface area (Å²) in [6.45, 7) is 1.75. The van der Waals surface area contributed by atoms with Gasteiger partial charge in [0.1, 0.15) is 17.9 Å². The molecule has 4 heterocycles. The molecule has 0 atom stereocenters. The molecule has 0 spiro atoms. The highest BCUT2D eigenvalue weighted by atomic mass is 16.5. The number of likely N-dealkylation sites (N-methyl/N-ethyl adjacent to an activating group) is 1. The maximum absolute atomic E-state index is 5.70. The van der Waals surface area contributed by atoms with Gasteiger partial charge in [-0.3, -0.25) is 9.38 Å². The van der Waals surface area contributed by atoms with Gasteiger partial charge in [-0.15, -0.1) is 10.2 Å². The summed E-state index contributed by atoms with van der Waals surface area (Å²) in [7, 11) is 4.14. The van der Waals surface area contributed by atoms with Gasteiger partial charge >= 0.3 is 0 Å². The maximum Gasteiger partial charge on any atom is 0.171 e. The number of nitrogens with zero attached hydrogens (tertiary/aromatic N) is 6. The van der Waals surface area contributed by atoms with Crippen molar-refractivity contribution in [1.29, 1.82) is 0 Å². The second-order valence-electron chi connectivity index (χ2n) is 8.20. The van der Waals surface area contributed by atoms with E-state index in [4.69, 9.17) is 9.72 Å². The Bertz CT molecular complexity index is 1200. The van der Waals surface area contributed by atoms with Crippen molar-refractivity contribution in [2.75, 3.05) is 27.2 Å². The average molecular weight is 415 g/mol. The molecule has 0 fully saturated rings. The van der Waals surface area contributed by atoms with E-state index in [-0.39, 0.29) is 0 Å². The molecule has 0 radical (unpaired) electrons. The van der Waals surface area contributed by atoms with Crippen LogP contribution < -0.4 is 4.74 Å². The number of aryl methyl sites for hydroxylation is 2. The molecular weight excluding hydrogens is 388 g/mol. The lowest BCUT2D eigenvalue weighted by molar-refractivity contribution is 0.357. The molecule has 1 aromatic carbocycles. The molecule has 0 amide bonds. The van der Waals surface area contributed by atoms with Crippen molar-refractivity contribution in [3.05, 3.63) is 71.7 Å². The van der Waals surface area contributed by atoms with Gasteiger partial charge in [-0.1, -0.05) is 18.2 Å². The van der Waals surface area contributed by atoms with E-state index in [0.29, 0.717) is 0 Å². The van der Waals surface area contributed by atoms with Crippen molar-refractivity contribution in [3.8, 4) is 16.9 Å². The Morgan fingerprint density at radius 3 is 2.81 bits per heavy atom. The Labute approximate surface area is 181 Å². The van der Waals surface area contributed by atoms with E-state index in [0.717, 1.165) is 72.9 Å². The van der Waals surface area contributed by atoms with Crippen LogP contribution in [-0.4, -0.2) is 56.7 Å². The quantitative estimate of drug-likeness (QED) is 0.463. The molecule has 1 aliphatic heterocycles. The molecular formula is C24H26N6O. The van der Waals surface area contributed by atoms with Gasteiger partial charge in [-0.25, -0.2) is 4.98 Å². The lowest BCUT2D eigenvalue weighted by Gasteiger charge is -2.11. The van der Waals surface area contributed by atoms with Crippen molar-refractivity contribution in [1.82, 2.24) is 29.5 Å². The van der Waals surface area contributed by atoms with Crippen LogP contribution in [0.2, 0.25) is 0 Å². The second kappa shape index (κ2) is 8.43. The summed E-state index contributed by atoms with van der Waals surface area (Å²) in [4.78, 5) is 11.6. The third-order valence-electron chi connectivity index (χ3n) is 5.82. The molecule has 1 aliphatic rings. The number of aromatic nitrogens is 5. The van der Waals surface area contributed by atoms with Crippen molar-refractivity contribution in [2.45, 2.75) is 25.7 Å². The Morgan fingerprint density at radius 1 is 1.03 bits per heavy atom. The molecule has 4 aromatic rings. The number of ether oxygens (including phenoxy) is 1. The zero-order valence-electron chi connectivity index (χ0n) is 18.0. The molecule has 3 aromatic heterocycles. The molecule has 0 saturated carbocycles. The van der Waals surface area contributed by atoms with Gasteiger partial charge < -0.3 is 9.64 Å². The number of pyridine rings is 1. The van der Waals surface area contributed by atoms with Crippen LogP contribution in [0.4, 0.5) is 0 Å². The monoisotopic (exact) mass is 414 g/mol. The van der Waals surface area contributed by atoms with Crippen LogP contribution in [0, 0.1) is 0 Å². The van der Waals surface area contributed by atoms with Gasteiger partial charge in [0.2, 0.25) is 0 Å². The molecule has 158 valence electrons.